The van der Waals surface area contributed by atoms with Crippen LogP contribution in [0.4, 0.5) is 5.69 Å². The Bertz CT molecular complexity index is 877. The highest BCUT2D eigenvalue weighted by molar-refractivity contribution is 14.1. The molecule has 0 aliphatic carbocycles. The Morgan fingerprint density at radius 3 is 2.48 bits per heavy atom. The van der Waals surface area contributed by atoms with Gasteiger partial charge in [0, 0.05) is 20.0 Å². The zero-order chi connectivity index (χ0) is 16.2. The van der Waals surface area contributed by atoms with Crippen molar-refractivity contribution < 1.29 is 0 Å². The Morgan fingerprint density at radius 2 is 1.83 bits per heavy atom. The minimum Gasteiger partial charge on any atom is -0.313 e. The number of benzene rings is 2. The number of hydrogen-bond donors (Lipinski definition) is 0. The van der Waals surface area contributed by atoms with Crippen LogP contribution in [0.25, 0.3) is 11.3 Å². The molecule has 0 fully saturated rings. The maximum Gasteiger partial charge on any atom is 0.190 e. The molecule has 0 saturated carbocycles. The van der Waals surface area contributed by atoms with Gasteiger partial charge in [-0.25, -0.2) is 4.99 Å². The van der Waals surface area contributed by atoms with E-state index in [0.717, 1.165) is 27.2 Å². The fraction of sp³-hybridized carbons (Fsp3) is 0.0556. The monoisotopic (exact) mass is 496 g/mol. The Kier molecular flexibility index (Phi) is 5.50. The highest BCUT2D eigenvalue weighted by atomic mass is 127. The molecule has 116 valence electrons. The Balaban J connectivity index is 2.09. The van der Waals surface area contributed by atoms with E-state index < -0.39 is 0 Å². The maximum atomic E-state index is 4.79. The lowest BCUT2D eigenvalue weighted by atomic mass is 10.2. The molecule has 23 heavy (non-hydrogen) atoms. The lowest BCUT2D eigenvalue weighted by Crippen LogP contribution is -2.14. The number of aromatic nitrogens is 1. The molecule has 3 rings (SSSR count). The van der Waals surface area contributed by atoms with Crippen molar-refractivity contribution in [1.82, 2.24) is 4.57 Å². The normalized spacial score (nSPS) is 11.7. The summed E-state index contributed by atoms with van der Waals surface area (Å²) in [6.07, 6.45) is 1.90. The lowest BCUT2D eigenvalue weighted by molar-refractivity contribution is 0.800. The van der Waals surface area contributed by atoms with E-state index in [4.69, 9.17) is 4.99 Å². The molecule has 1 heterocycles. The van der Waals surface area contributed by atoms with Crippen LogP contribution >= 0.6 is 49.9 Å². The standard InChI is InChI=1S/C18H14BrIN2S/c1-2-11-22-17(13-3-5-14(19)6-4-13)12-23-18(22)21-16-9-7-15(20)8-10-16/h2-10,12H,1,11H2. The summed E-state index contributed by atoms with van der Waals surface area (Å²) >= 11 is 7.43. The molecule has 3 aromatic rings. The number of rotatable bonds is 4. The largest absolute Gasteiger partial charge is 0.313 e. The van der Waals surface area contributed by atoms with Crippen LogP contribution in [0.1, 0.15) is 0 Å². The third kappa shape index (κ3) is 4.02. The first-order valence-electron chi connectivity index (χ1n) is 7.03. The topological polar surface area (TPSA) is 17.3 Å². The van der Waals surface area contributed by atoms with Crippen LogP contribution in [0.3, 0.4) is 0 Å². The van der Waals surface area contributed by atoms with Gasteiger partial charge in [-0.2, -0.15) is 0 Å². The summed E-state index contributed by atoms with van der Waals surface area (Å²) in [6, 6.07) is 16.6. The van der Waals surface area contributed by atoms with Crippen LogP contribution in [0.2, 0.25) is 0 Å². The summed E-state index contributed by atoms with van der Waals surface area (Å²) < 4.78 is 4.48. The summed E-state index contributed by atoms with van der Waals surface area (Å²) in [4.78, 5) is 5.76. The Hall–Kier alpha value is -1.18. The van der Waals surface area contributed by atoms with Crippen molar-refractivity contribution in [3.8, 4) is 11.3 Å². The van der Waals surface area contributed by atoms with Crippen molar-refractivity contribution >= 4 is 55.5 Å². The lowest BCUT2D eigenvalue weighted by Gasteiger charge is -2.06. The second kappa shape index (κ2) is 7.59. The average Bonchev–Trinajstić information content (AvgIpc) is 2.94. The van der Waals surface area contributed by atoms with Crippen LogP contribution in [-0.4, -0.2) is 4.57 Å². The zero-order valence-corrected chi connectivity index (χ0v) is 16.8. The molecular formula is C18H14BrIN2S. The minimum absolute atomic E-state index is 0.734. The molecule has 2 nitrogen and oxygen atoms in total. The summed E-state index contributed by atoms with van der Waals surface area (Å²) in [5.74, 6) is 0. The van der Waals surface area contributed by atoms with Gasteiger partial charge in [0.25, 0.3) is 0 Å². The van der Waals surface area contributed by atoms with E-state index in [1.807, 2.05) is 18.2 Å². The minimum atomic E-state index is 0.734. The number of hydrogen-bond acceptors (Lipinski definition) is 2. The smallest absolute Gasteiger partial charge is 0.190 e. The molecule has 2 aromatic carbocycles. The van der Waals surface area contributed by atoms with E-state index in [2.05, 4.69) is 91.4 Å². The van der Waals surface area contributed by atoms with E-state index in [1.165, 1.54) is 9.13 Å². The first-order chi connectivity index (χ1) is 11.2. The first kappa shape index (κ1) is 16.7. The van der Waals surface area contributed by atoms with Gasteiger partial charge in [0.2, 0.25) is 0 Å². The fourth-order valence-corrected chi connectivity index (χ4v) is 3.76. The van der Waals surface area contributed by atoms with Gasteiger partial charge in [-0.05, 0) is 64.6 Å². The van der Waals surface area contributed by atoms with Gasteiger partial charge < -0.3 is 4.57 Å². The molecule has 0 saturated heterocycles. The van der Waals surface area contributed by atoms with Crippen molar-refractivity contribution in [2.24, 2.45) is 4.99 Å². The van der Waals surface area contributed by atoms with Crippen LogP contribution in [0.15, 0.2) is 76.0 Å². The molecular weight excluding hydrogens is 483 g/mol. The van der Waals surface area contributed by atoms with Gasteiger partial charge in [0.15, 0.2) is 4.80 Å². The van der Waals surface area contributed by atoms with Crippen molar-refractivity contribution in [3.05, 3.63) is 79.4 Å². The number of thiazole rings is 1. The van der Waals surface area contributed by atoms with Gasteiger partial charge in [0.05, 0.1) is 11.4 Å². The van der Waals surface area contributed by atoms with Crippen LogP contribution < -0.4 is 4.80 Å². The van der Waals surface area contributed by atoms with Gasteiger partial charge >= 0.3 is 0 Å². The Morgan fingerprint density at radius 1 is 1.13 bits per heavy atom. The third-order valence-corrected chi connectivity index (χ3v) is 5.41. The molecule has 0 spiro atoms. The molecule has 1 aromatic heterocycles. The van der Waals surface area contributed by atoms with Crippen molar-refractivity contribution in [1.29, 1.82) is 0 Å². The Labute approximate surface area is 161 Å². The summed E-state index contributed by atoms with van der Waals surface area (Å²) in [7, 11) is 0. The highest BCUT2D eigenvalue weighted by Crippen LogP contribution is 2.23. The van der Waals surface area contributed by atoms with E-state index in [-0.39, 0.29) is 0 Å². The molecule has 0 aliphatic heterocycles. The van der Waals surface area contributed by atoms with Crippen molar-refractivity contribution in [2.75, 3.05) is 0 Å². The second-order valence-corrected chi connectivity index (χ2v) is 7.90. The third-order valence-electron chi connectivity index (χ3n) is 3.30. The SMILES string of the molecule is C=CCn1c(-c2ccc(Br)cc2)csc1=Nc1ccc(I)cc1. The molecule has 0 radical (unpaired) electrons. The molecule has 0 bridgehead atoms. The summed E-state index contributed by atoms with van der Waals surface area (Å²) in [5.41, 5.74) is 3.30. The van der Waals surface area contributed by atoms with Gasteiger partial charge in [-0.3, -0.25) is 0 Å². The number of nitrogens with zero attached hydrogens (tertiary/aromatic N) is 2. The van der Waals surface area contributed by atoms with Crippen LogP contribution in [0.5, 0.6) is 0 Å². The van der Waals surface area contributed by atoms with Crippen molar-refractivity contribution in [2.45, 2.75) is 6.54 Å². The van der Waals surface area contributed by atoms with Gasteiger partial charge in [-0.1, -0.05) is 34.1 Å². The number of halogens is 2. The maximum absolute atomic E-state index is 4.79. The van der Waals surface area contributed by atoms with E-state index in [9.17, 15) is 0 Å². The quantitative estimate of drug-likeness (QED) is 0.311. The van der Waals surface area contributed by atoms with Gasteiger partial charge in [0.1, 0.15) is 0 Å². The zero-order valence-electron chi connectivity index (χ0n) is 12.2. The predicted molar refractivity (Wildman–Crippen MR) is 110 cm³/mol. The molecule has 0 atom stereocenters. The van der Waals surface area contributed by atoms with Crippen LogP contribution in [-0.2, 0) is 6.54 Å². The average molecular weight is 497 g/mol. The van der Waals surface area contributed by atoms with E-state index in [0.29, 0.717) is 0 Å². The summed E-state index contributed by atoms with van der Waals surface area (Å²) in [6.45, 7) is 4.61. The molecule has 0 N–H and O–H groups in total. The van der Waals surface area contributed by atoms with E-state index >= 15 is 0 Å². The van der Waals surface area contributed by atoms with Gasteiger partial charge in [-0.15, -0.1) is 17.9 Å². The van der Waals surface area contributed by atoms with Crippen LogP contribution in [0, 0.1) is 3.57 Å². The highest BCUT2D eigenvalue weighted by Gasteiger charge is 2.07. The number of allylic oxidation sites excluding steroid dienone is 1. The molecule has 0 unspecified atom stereocenters. The molecule has 0 aliphatic rings. The summed E-state index contributed by atoms with van der Waals surface area (Å²) in [5, 5.41) is 2.15. The molecule has 5 heteroatoms. The van der Waals surface area contributed by atoms with Crippen molar-refractivity contribution in [3.63, 3.8) is 0 Å². The fourth-order valence-electron chi connectivity index (χ4n) is 2.20. The molecule has 0 amide bonds. The first-order valence-corrected chi connectivity index (χ1v) is 9.78. The van der Waals surface area contributed by atoms with E-state index in [1.54, 1.807) is 11.3 Å². The second-order valence-electron chi connectivity index (χ2n) is 4.90. The predicted octanol–water partition coefficient (Wildman–Crippen LogP) is 6.00.